The molecular formula is C25H36F2O. The first kappa shape index (κ1) is 21.5. The van der Waals surface area contributed by atoms with Crippen molar-refractivity contribution in [3.05, 3.63) is 47.0 Å². The lowest BCUT2D eigenvalue weighted by Gasteiger charge is -2.37. The molecule has 156 valence electrons. The Morgan fingerprint density at radius 1 is 0.929 bits per heavy atom. The highest BCUT2D eigenvalue weighted by atomic mass is 19.1. The normalized spacial score (nSPS) is 28.7. The van der Waals surface area contributed by atoms with E-state index >= 15 is 0 Å². The van der Waals surface area contributed by atoms with Gasteiger partial charge in [-0.05, 0) is 99.2 Å². The molecule has 0 unspecified atom stereocenters. The number of benzene rings is 1. The summed E-state index contributed by atoms with van der Waals surface area (Å²) in [5.41, 5.74) is 0.824. The molecule has 2 aliphatic rings. The Labute approximate surface area is 169 Å². The zero-order chi connectivity index (χ0) is 19.9. The topological polar surface area (TPSA) is 20.2 Å². The lowest BCUT2D eigenvalue weighted by molar-refractivity contribution is 0.171. The van der Waals surface area contributed by atoms with E-state index in [-0.39, 0.29) is 24.5 Å². The van der Waals surface area contributed by atoms with Crippen molar-refractivity contribution in [3.8, 4) is 0 Å². The molecule has 3 heteroatoms. The number of rotatable bonds is 7. The maximum absolute atomic E-state index is 14.2. The smallest absolute Gasteiger partial charge is 0.129 e. The average molecular weight is 391 g/mol. The third-order valence-corrected chi connectivity index (χ3v) is 7.12. The number of hydrogen-bond acceptors (Lipinski definition) is 1. The SMILES string of the molecule is CCC/C=C/C1CCC(C2CCC(c3cc(F)c(CCO)c(F)c3)CC2)CC1. The maximum Gasteiger partial charge on any atom is 0.129 e. The van der Waals surface area contributed by atoms with Gasteiger partial charge < -0.3 is 5.11 Å². The Hall–Kier alpha value is -1.22. The van der Waals surface area contributed by atoms with E-state index in [1.807, 2.05) is 0 Å². The third kappa shape index (κ3) is 5.43. The van der Waals surface area contributed by atoms with E-state index < -0.39 is 11.6 Å². The zero-order valence-electron chi connectivity index (χ0n) is 17.3. The van der Waals surface area contributed by atoms with Crippen molar-refractivity contribution in [2.75, 3.05) is 6.61 Å². The molecule has 0 amide bonds. The summed E-state index contributed by atoms with van der Waals surface area (Å²) in [6, 6.07) is 3.01. The first-order chi connectivity index (χ1) is 13.6. The number of hydrogen-bond donors (Lipinski definition) is 1. The summed E-state index contributed by atoms with van der Waals surface area (Å²) >= 11 is 0. The Balaban J connectivity index is 1.50. The molecule has 0 saturated heterocycles. The molecule has 0 heterocycles. The standard InChI is InChI=1S/C25H36F2O/c1-2-3-4-5-18-6-8-19(9-7-18)20-10-12-21(13-11-20)22-16-24(26)23(14-15-28)25(27)17-22/h4-5,16-21,28H,2-3,6-15H2,1H3/b5-4+. The summed E-state index contributed by atoms with van der Waals surface area (Å²) in [5, 5.41) is 8.97. The second-order valence-electron chi connectivity index (χ2n) is 8.94. The van der Waals surface area contributed by atoms with Gasteiger partial charge in [-0.15, -0.1) is 0 Å². The second kappa shape index (κ2) is 10.5. The molecule has 0 aliphatic heterocycles. The van der Waals surface area contributed by atoms with E-state index in [2.05, 4.69) is 19.1 Å². The van der Waals surface area contributed by atoms with Crippen molar-refractivity contribution in [3.63, 3.8) is 0 Å². The van der Waals surface area contributed by atoms with Crippen LogP contribution in [0.5, 0.6) is 0 Å². The molecule has 0 bridgehead atoms. The van der Waals surface area contributed by atoms with Gasteiger partial charge >= 0.3 is 0 Å². The molecule has 0 spiro atoms. The minimum atomic E-state index is -0.499. The largest absolute Gasteiger partial charge is 0.396 e. The Kier molecular flexibility index (Phi) is 8.08. The highest BCUT2D eigenvalue weighted by Gasteiger charge is 2.31. The van der Waals surface area contributed by atoms with Crippen molar-refractivity contribution in [2.24, 2.45) is 17.8 Å². The van der Waals surface area contributed by atoms with Gasteiger partial charge in [0.1, 0.15) is 11.6 Å². The van der Waals surface area contributed by atoms with Gasteiger partial charge in [0.05, 0.1) is 0 Å². The van der Waals surface area contributed by atoms with Gasteiger partial charge in [-0.25, -0.2) is 8.78 Å². The first-order valence-electron chi connectivity index (χ1n) is 11.4. The minimum absolute atomic E-state index is 0.0182. The van der Waals surface area contributed by atoms with Gasteiger partial charge in [0, 0.05) is 18.6 Å². The van der Waals surface area contributed by atoms with E-state index in [1.165, 1.54) is 63.5 Å². The van der Waals surface area contributed by atoms with E-state index in [9.17, 15) is 8.78 Å². The van der Waals surface area contributed by atoms with Crippen LogP contribution >= 0.6 is 0 Å². The van der Waals surface area contributed by atoms with Crippen LogP contribution in [0, 0.1) is 29.4 Å². The quantitative estimate of drug-likeness (QED) is 0.500. The Morgan fingerprint density at radius 3 is 2.04 bits per heavy atom. The summed E-state index contributed by atoms with van der Waals surface area (Å²) in [6.45, 7) is 2.00. The lowest BCUT2D eigenvalue weighted by atomic mass is 9.68. The van der Waals surface area contributed by atoms with Crippen molar-refractivity contribution in [1.82, 2.24) is 0 Å². The summed E-state index contributed by atoms with van der Waals surface area (Å²) < 4.78 is 28.4. The molecule has 0 aromatic heterocycles. The van der Waals surface area contributed by atoms with Crippen molar-refractivity contribution in [1.29, 1.82) is 0 Å². The summed E-state index contributed by atoms with van der Waals surface area (Å²) in [6.07, 6.45) is 17.1. The number of halogens is 2. The Bertz CT molecular complexity index is 615. The molecule has 0 atom stereocenters. The zero-order valence-corrected chi connectivity index (χ0v) is 17.3. The van der Waals surface area contributed by atoms with Gasteiger partial charge in [0.15, 0.2) is 0 Å². The Morgan fingerprint density at radius 2 is 1.50 bits per heavy atom. The van der Waals surface area contributed by atoms with E-state index in [4.69, 9.17) is 5.11 Å². The molecule has 1 N–H and O–H groups in total. The monoisotopic (exact) mass is 390 g/mol. The molecule has 1 nitrogen and oxygen atoms in total. The van der Waals surface area contributed by atoms with E-state index in [0.29, 0.717) is 0 Å². The second-order valence-corrected chi connectivity index (χ2v) is 8.94. The number of allylic oxidation sites excluding steroid dienone is 2. The van der Waals surface area contributed by atoms with Crippen LogP contribution < -0.4 is 0 Å². The van der Waals surface area contributed by atoms with Crippen LogP contribution in [0.2, 0.25) is 0 Å². The first-order valence-corrected chi connectivity index (χ1v) is 11.4. The van der Waals surface area contributed by atoms with Crippen LogP contribution in [0.1, 0.15) is 88.2 Å². The highest BCUT2D eigenvalue weighted by molar-refractivity contribution is 5.29. The molecule has 3 rings (SSSR count). The van der Waals surface area contributed by atoms with Crippen LogP contribution in [0.15, 0.2) is 24.3 Å². The molecule has 1 aromatic rings. The fourth-order valence-electron chi connectivity index (χ4n) is 5.40. The molecule has 2 fully saturated rings. The molecule has 0 radical (unpaired) electrons. The van der Waals surface area contributed by atoms with Crippen molar-refractivity contribution >= 4 is 0 Å². The van der Waals surface area contributed by atoms with Gasteiger partial charge in [-0.3, -0.25) is 0 Å². The fourth-order valence-corrected chi connectivity index (χ4v) is 5.40. The third-order valence-electron chi connectivity index (χ3n) is 7.12. The van der Waals surface area contributed by atoms with Crippen molar-refractivity contribution < 1.29 is 13.9 Å². The molecule has 28 heavy (non-hydrogen) atoms. The van der Waals surface area contributed by atoms with Gasteiger partial charge in [-0.2, -0.15) is 0 Å². The molecule has 2 saturated carbocycles. The number of aliphatic hydroxyl groups excluding tert-OH is 1. The molecular weight excluding hydrogens is 354 g/mol. The summed E-state index contributed by atoms with van der Waals surface area (Å²) in [5.74, 6) is 1.69. The molecule has 1 aromatic carbocycles. The molecule has 2 aliphatic carbocycles. The number of aliphatic hydroxyl groups is 1. The van der Waals surface area contributed by atoms with Crippen LogP contribution in [0.25, 0.3) is 0 Å². The van der Waals surface area contributed by atoms with E-state index in [1.54, 1.807) is 0 Å². The van der Waals surface area contributed by atoms with Gasteiger partial charge in [0.2, 0.25) is 0 Å². The van der Waals surface area contributed by atoms with Crippen LogP contribution in [-0.4, -0.2) is 11.7 Å². The van der Waals surface area contributed by atoms with Crippen LogP contribution in [-0.2, 0) is 6.42 Å². The van der Waals surface area contributed by atoms with E-state index in [0.717, 1.165) is 36.2 Å². The summed E-state index contributed by atoms with van der Waals surface area (Å²) in [7, 11) is 0. The predicted molar refractivity (Wildman–Crippen MR) is 111 cm³/mol. The van der Waals surface area contributed by atoms with Crippen molar-refractivity contribution in [2.45, 2.75) is 83.5 Å². The summed E-state index contributed by atoms with van der Waals surface area (Å²) in [4.78, 5) is 0. The fraction of sp³-hybridized carbons (Fsp3) is 0.680. The van der Waals surface area contributed by atoms with Crippen LogP contribution in [0.4, 0.5) is 8.78 Å². The van der Waals surface area contributed by atoms with Gasteiger partial charge in [-0.1, -0.05) is 25.5 Å². The number of unbranched alkanes of at least 4 members (excludes halogenated alkanes) is 1. The minimum Gasteiger partial charge on any atom is -0.396 e. The van der Waals surface area contributed by atoms with Gasteiger partial charge in [0.25, 0.3) is 0 Å². The lowest BCUT2D eigenvalue weighted by Crippen LogP contribution is -2.25. The highest BCUT2D eigenvalue weighted by Crippen LogP contribution is 2.44. The predicted octanol–water partition coefficient (Wildman–Crippen LogP) is 6.94. The maximum atomic E-state index is 14.2. The van der Waals surface area contributed by atoms with Crippen LogP contribution in [0.3, 0.4) is 0 Å². The average Bonchev–Trinajstić information content (AvgIpc) is 2.71.